The van der Waals surface area contributed by atoms with Gasteiger partial charge in [0.05, 0.1) is 24.5 Å². The van der Waals surface area contributed by atoms with Crippen molar-refractivity contribution in [3.8, 4) is 0 Å². The highest BCUT2D eigenvalue weighted by atomic mass is 32.2. The first-order valence-corrected chi connectivity index (χ1v) is 8.49. The first kappa shape index (κ1) is 15.2. The number of carbonyl (C=O) groups is 2. The molecule has 2 aliphatic heterocycles. The maximum atomic E-state index is 12.0. The van der Waals surface area contributed by atoms with E-state index < -0.39 is 15.8 Å². The standard InChI is InChI=1S/C12H20N2O5S/c1-13(10-2-3-20(18,19)8-10)11(15)7-14-5-9(6-14)4-12(16)17/h9-10H,2-8H2,1H3,(H,16,17). The summed E-state index contributed by atoms with van der Waals surface area (Å²) in [6.45, 7) is 1.48. The second-order valence-electron chi connectivity index (χ2n) is 5.72. The predicted molar refractivity (Wildman–Crippen MR) is 72.0 cm³/mol. The van der Waals surface area contributed by atoms with Crippen LogP contribution in [0.25, 0.3) is 0 Å². The van der Waals surface area contributed by atoms with Crippen LogP contribution in [0, 0.1) is 5.92 Å². The van der Waals surface area contributed by atoms with Gasteiger partial charge in [0.15, 0.2) is 9.84 Å². The van der Waals surface area contributed by atoms with Gasteiger partial charge in [-0.15, -0.1) is 0 Å². The van der Waals surface area contributed by atoms with E-state index in [0.29, 0.717) is 19.5 Å². The average Bonchev–Trinajstić information content (AvgIpc) is 2.65. The van der Waals surface area contributed by atoms with Crippen LogP contribution in [-0.2, 0) is 19.4 Å². The number of likely N-dealkylation sites (N-methyl/N-ethyl adjacent to an activating group) is 1. The van der Waals surface area contributed by atoms with Crippen LogP contribution < -0.4 is 0 Å². The number of aliphatic carboxylic acids is 1. The van der Waals surface area contributed by atoms with Crippen molar-refractivity contribution < 1.29 is 23.1 Å². The van der Waals surface area contributed by atoms with Crippen molar-refractivity contribution in [2.24, 2.45) is 5.92 Å². The highest BCUT2D eigenvalue weighted by molar-refractivity contribution is 7.91. The van der Waals surface area contributed by atoms with E-state index in [1.165, 1.54) is 4.90 Å². The third-order valence-corrected chi connectivity index (χ3v) is 5.75. The first-order valence-electron chi connectivity index (χ1n) is 6.67. The van der Waals surface area contributed by atoms with E-state index in [1.54, 1.807) is 7.05 Å². The molecule has 0 aromatic heterocycles. The summed E-state index contributed by atoms with van der Waals surface area (Å²) in [4.78, 5) is 26.0. The zero-order chi connectivity index (χ0) is 14.9. The number of likely N-dealkylation sites (tertiary alicyclic amines) is 1. The monoisotopic (exact) mass is 304 g/mol. The van der Waals surface area contributed by atoms with Crippen molar-refractivity contribution in [2.45, 2.75) is 18.9 Å². The van der Waals surface area contributed by atoms with E-state index in [9.17, 15) is 18.0 Å². The Hall–Kier alpha value is -1.15. The van der Waals surface area contributed by atoms with E-state index in [2.05, 4.69) is 0 Å². The van der Waals surface area contributed by atoms with Gasteiger partial charge >= 0.3 is 5.97 Å². The number of hydrogen-bond acceptors (Lipinski definition) is 5. The minimum atomic E-state index is -2.99. The number of nitrogens with zero attached hydrogens (tertiary/aromatic N) is 2. The molecule has 0 aliphatic carbocycles. The number of carbonyl (C=O) groups excluding carboxylic acids is 1. The van der Waals surface area contributed by atoms with Crippen LogP contribution in [0.3, 0.4) is 0 Å². The largest absolute Gasteiger partial charge is 0.481 e. The van der Waals surface area contributed by atoms with Crippen LogP contribution in [0.1, 0.15) is 12.8 Å². The van der Waals surface area contributed by atoms with Gasteiger partial charge in [-0.1, -0.05) is 0 Å². The Morgan fingerprint density at radius 1 is 1.35 bits per heavy atom. The molecule has 0 bridgehead atoms. The van der Waals surface area contributed by atoms with E-state index >= 15 is 0 Å². The maximum Gasteiger partial charge on any atom is 0.303 e. The lowest BCUT2D eigenvalue weighted by Gasteiger charge is -2.39. The number of carboxylic acid groups (broad SMARTS) is 1. The predicted octanol–water partition coefficient (Wildman–Crippen LogP) is -0.962. The molecule has 1 N–H and O–H groups in total. The minimum Gasteiger partial charge on any atom is -0.481 e. The quantitative estimate of drug-likeness (QED) is 0.703. The molecule has 1 unspecified atom stereocenters. The Labute approximate surface area is 118 Å². The molecule has 0 aromatic carbocycles. The lowest BCUT2D eigenvalue weighted by atomic mass is 9.96. The summed E-state index contributed by atoms with van der Waals surface area (Å²) in [5.74, 6) is -0.580. The molecule has 8 heteroatoms. The van der Waals surface area contributed by atoms with Crippen LogP contribution in [0.2, 0.25) is 0 Å². The smallest absolute Gasteiger partial charge is 0.303 e. The van der Waals surface area contributed by atoms with Gasteiger partial charge in [0, 0.05) is 26.2 Å². The highest BCUT2D eigenvalue weighted by Gasteiger charge is 2.35. The van der Waals surface area contributed by atoms with Crippen molar-refractivity contribution in [3.05, 3.63) is 0 Å². The lowest BCUT2D eigenvalue weighted by molar-refractivity contribution is -0.140. The number of sulfone groups is 1. The fraction of sp³-hybridized carbons (Fsp3) is 0.833. The summed E-state index contributed by atoms with van der Waals surface area (Å²) in [5, 5.41) is 8.65. The van der Waals surface area contributed by atoms with Crippen LogP contribution in [0.5, 0.6) is 0 Å². The SMILES string of the molecule is CN(C(=O)CN1CC(CC(=O)O)C1)C1CCS(=O)(=O)C1. The van der Waals surface area contributed by atoms with Gasteiger partial charge in [0.2, 0.25) is 5.91 Å². The molecular formula is C12H20N2O5S. The Morgan fingerprint density at radius 2 is 2.00 bits per heavy atom. The number of carboxylic acids is 1. The van der Waals surface area contributed by atoms with Crippen LogP contribution in [0.4, 0.5) is 0 Å². The number of amides is 1. The number of hydrogen-bond donors (Lipinski definition) is 1. The molecule has 0 saturated carbocycles. The second kappa shape index (κ2) is 5.69. The summed E-state index contributed by atoms with van der Waals surface area (Å²) in [5.41, 5.74) is 0. The van der Waals surface area contributed by atoms with Gasteiger partial charge in [-0.25, -0.2) is 8.42 Å². The Morgan fingerprint density at radius 3 is 2.50 bits per heavy atom. The van der Waals surface area contributed by atoms with Gasteiger partial charge in [0.1, 0.15) is 0 Å². The molecule has 20 heavy (non-hydrogen) atoms. The van der Waals surface area contributed by atoms with Crippen LogP contribution >= 0.6 is 0 Å². The number of rotatable bonds is 5. The Balaban J connectivity index is 1.75. The minimum absolute atomic E-state index is 0.0525. The molecule has 2 fully saturated rings. The zero-order valence-electron chi connectivity index (χ0n) is 11.5. The molecule has 7 nitrogen and oxygen atoms in total. The molecular weight excluding hydrogens is 284 g/mol. The Bertz CT molecular complexity index is 498. The summed E-state index contributed by atoms with van der Waals surface area (Å²) in [7, 11) is -1.35. The molecule has 2 aliphatic rings. The van der Waals surface area contributed by atoms with Gasteiger partial charge in [-0.3, -0.25) is 14.5 Å². The molecule has 114 valence electrons. The van der Waals surface area contributed by atoms with Crippen molar-refractivity contribution in [3.63, 3.8) is 0 Å². The molecule has 2 rings (SSSR count). The third-order valence-electron chi connectivity index (χ3n) is 4.00. The maximum absolute atomic E-state index is 12.0. The second-order valence-corrected chi connectivity index (χ2v) is 7.95. The van der Waals surface area contributed by atoms with Gasteiger partial charge in [0.25, 0.3) is 0 Å². The molecule has 1 amide bonds. The van der Waals surface area contributed by atoms with Gasteiger partial charge in [-0.05, 0) is 12.3 Å². The Kier molecular flexibility index (Phi) is 4.33. The first-order chi connectivity index (χ1) is 9.27. The average molecular weight is 304 g/mol. The molecule has 2 saturated heterocycles. The zero-order valence-corrected chi connectivity index (χ0v) is 12.3. The fourth-order valence-corrected chi connectivity index (χ4v) is 4.54. The molecule has 2 heterocycles. The summed E-state index contributed by atoms with van der Waals surface area (Å²) in [6.07, 6.45) is 0.646. The van der Waals surface area contributed by atoms with Crippen molar-refractivity contribution in [2.75, 3.05) is 38.2 Å². The van der Waals surface area contributed by atoms with Crippen molar-refractivity contribution >= 4 is 21.7 Å². The molecule has 0 aromatic rings. The van der Waals surface area contributed by atoms with Crippen LogP contribution in [-0.4, -0.2) is 79.4 Å². The molecule has 0 radical (unpaired) electrons. The van der Waals surface area contributed by atoms with Gasteiger partial charge in [-0.2, -0.15) is 0 Å². The molecule has 1 atom stereocenters. The van der Waals surface area contributed by atoms with E-state index in [0.717, 1.165) is 0 Å². The fourth-order valence-electron chi connectivity index (χ4n) is 2.77. The summed E-state index contributed by atoms with van der Waals surface area (Å²) >= 11 is 0. The normalized spacial score (nSPS) is 26.1. The lowest BCUT2D eigenvalue weighted by Crippen LogP contribution is -2.52. The van der Waals surface area contributed by atoms with Crippen molar-refractivity contribution in [1.29, 1.82) is 0 Å². The van der Waals surface area contributed by atoms with E-state index in [4.69, 9.17) is 5.11 Å². The topological polar surface area (TPSA) is 95.0 Å². The van der Waals surface area contributed by atoms with Crippen LogP contribution in [0.15, 0.2) is 0 Å². The summed E-state index contributed by atoms with van der Waals surface area (Å²) < 4.78 is 22.8. The van der Waals surface area contributed by atoms with Crippen molar-refractivity contribution in [1.82, 2.24) is 9.80 Å². The summed E-state index contributed by atoms with van der Waals surface area (Å²) in [6, 6.07) is -0.219. The highest BCUT2D eigenvalue weighted by Crippen LogP contribution is 2.20. The molecule has 0 spiro atoms. The van der Waals surface area contributed by atoms with E-state index in [1.807, 2.05) is 4.90 Å². The van der Waals surface area contributed by atoms with Gasteiger partial charge < -0.3 is 10.0 Å². The third kappa shape index (κ3) is 3.69. The van der Waals surface area contributed by atoms with E-state index in [-0.39, 0.29) is 42.3 Å².